The molecule has 56 heavy (non-hydrogen) atoms. The lowest BCUT2D eigenvalue weighted by Gasteiger charge is -2.13. The van der Waals surface area contributed by atoms with E-state index >= 15 is 0 Å². The lowest BCUT2D eigenvalue weighted by atomic mass is 10.0. The number of nitrogens with zero attached hydrogens (tertiary/aromatic N) is 2. The third-order valence-corrected chi connectivity index (χ3v) is 8.48. The first-order valence-corrected chi connectivity index (χ1v) is 17.5. The smallest absolute Gasteiger partial charge is 0.343 e. The molecule has 0 atom stereocenters. The van der Waals surface area contributed by atoms with Crippen LogP contribution in [0.1, 0.15) is 47.0 Å². The van der Waals surface area contributed by atoms with Crippen molar-refractivity contribution in [1.29, 1.82) is 0 Å². The molecule has 0 saturated heterocycles. The number of anilines is 2. The average Bonchev–Trinajstić information content (AvgIpc) is 3.24. The Morgan fingerprint density at radius 3 is 1.59 bits per heavy atom. The zero-order valence-electron chi connectivity index (χ0n) is 29.7. The highest BCUT2D eigenvalue weighted by atomic mass is 16.5. The lowest BCUT2D eigenvalue weighted by molar-refractivity contribution is 0.0722. The molecule has 10 nitrogen and oxygen atoms in total. The summed E-state index contributed by atoms with van der Waals surface area (Å²) in [5.41, 5.74) is 3.21. The Balaban J connectivity index is 1.24. The van der Waals surface area contributed by atoms with Crippen LogP contribution in [0.2, 0.25) is 0 Å². The van der Waals surface area contributed by atoms with Crippen LogP contribution in [-0.4, -0.2) is 35.9 Å². The van der Waals surface area contributed by atoms with E-state index < -0.39 is 23.5 Å². The quantitative estimate of drug-likeness (QED) is 0.0897. The van der Waals surface area contributed by atoms with Crippen LogP contribution in [0.5, 0.6) is 11.5 Å². The van der Waals surface area contributed by atoms with Crippen molar-refractivity contribution in [2.75, 3.05) is 10.6 Å². The van der Waals surface area contributed by atoms with Crippen LogP contribution in [0.25, 0.3) is 0 Å². The largest absolute Gasteiger partial charge is 0.422 e. The summed E-state index contributed by atoms with van der Waals surface area (Å²) >= 11 is 0. The standard InChI is InChI=1S/C46H32N4O6/c51-43(35-20-8-13-25-41(35)55-45(53)31-15-3-1-4-16-31)34-28-47-37-22-10-7-19-33(37)27-49-40(30-50-39-24-12-11-23-38(39)48-29-34)44(52)36-21-9-14-26-42(36)56-46(54)32-17-5-2-6-18-32/h1-30,47,50H/b34-28-,40-30+,48-29?,49-27?. The Morgan fingerprint density at radius 2 is 0.946 bits per heavy atom. The molecule has 0 fully saturated rings. The summed E-state index contributed by atoms with van der Waals surface area (Å²) in [4.78, 5) is 63.6. The van der Waals surface area contributed by atoms with Crippen LogP contribution in [0.3, 0.4) is 0 Å². The number of nitrogens with one attached hydrogen (secondary N) is 2. The number of carbonyl (C=O) groups excluding carboxylic acids is 4. The van der Waals surface area contributed by atoms with Gasteiger partial charge < -0.3 is 20.1 Å². The highest BCUT2D eigenvalue weighted by Crippen LogP contribution is 2.29. The van der Waals surface area contributed by atoms with Crippen LogP contribution < -0.4 is 20.1 Å². The number of hydrogen-bond acceptors (Lipinski definition) is 10. The van der Waals surface area contributed by atoms with Gasteiger partial charge in [-0.2, -0.15) is 0 Å². The van der Waals surface area contributed by atoms with E-state index in [9.17, 15) is 19.2 Å². The molecule has 1 aliphatic rings. The average molecular weight is 737 g/mol. The molecular weight excluding hydrogens is 705 g/mol. The van der Waals surface area contributed by atoms with Crippen molar-refractivity contribution < 1.29 is 28.7 Å². The highest BCUT2D eigenvalue weighted by Gasteiger charge is 2.21. The molecule has 1 heterocycles. The van der Waals surface area contributed by atoms with Gasteiger partial charge in [-0.1, -0.05) is 91.0 Å². The third-order valence-electron chi connectivity index (χ3n) is 8.48. The fraction of sp³-hybridized carbons (Fsp3) is 0. The van der Waals surface area contributed by atoms with E-state index in [4.69, 9.17) is 9.47 Å². The molecule has 1 aliphatic heterocycles. The number of benzene rings is 6. The second-order valence-electron chi connectivity index (χ2n) is 12.2. The molecule has 6 aromatic rings. The van der Waals surface area contributed by atoms with Gasteiger partial charge in [0.2, 0.25) is 5.78 Å². The summed E-state index contributed by atoms with van der Waals surface area (Å²) in [6.45, 7) is 0. The Hall–Kier alpha value is -7.98. The lowest BCUT2D eigenvalue weighted by Crippen LogP contribution is -2.14. The minimum absolute atomic E-state index is 0.00641. The molecular formula is C46H32N4O6. The number of carbonyl (C=O) groups is 4. The van der Waals surface area contributed by atoms with Gasteiger partial charge in [-0.15, -0.1) is 0 Å². The number of allylic oxidation sites excluding steroid dienone is 2. The Labute approximate surface area is 322 Å². The van der Waals surface area contributed by atoms with E-state index in [-0.39, 0.29) is 33.9 Å². The summed E-state index contributed by atoms with van der Waals surface area (Å²) in [5.74, 6) is -2.01. The van der Waals surface area contributed by atoms with Gasteiger partial charge in [0.15, 0.2) is 5.78 Å². The highest BCUT2D eigenvalue weighted by molar-refractivity contribution is 6.23. The fourth-order valence-electron chi connectivity index (χ4n) is 5.60. The molecule has 0 radical (unpaired) electrons. The zero-order valence-corrected chi connectivity index (χ0v) is 29.7. The van der Waals surface area contributed by atoms with Gasteiger partial charge in [0.1, 0.15) is 17.2 Å². The maximum Gasteiger partial charge on any atom is 0.343 e. The van der Waals surface area contributed by atoms with Crippen molar-refractivity contribution in [2.24, 2.45) is 9.98 Å². The Bertz CT molecular complexity index is 2380. The normalized spacial score (nSPS) is 14.1. The molecule has 7 rings (SSSR count). The van der Waals surface area contributed by atoms with Crippen molar-refractivity contribution in [3.05, 3.63) is 209 Å². The Kier molecular flexibility index (Phi) is 11.2. The first-order valence-electron chi connectivity index (χ1n) is 17.5. The van der Waals surface area contributed by atoms with E-state index in [1.165, 1.54) is 24.8 Å². The van der Waals surface area contributed by atoms with Gasteiger partial charge in [0.25, 0.3) is 0 Å². The van der Waals surface area contributed by atoms with Gasteiger partial charge in [-0.3, -0.25) is 19.6 Å². The van der Waals surface area contributed by atoms with Gasteiger partial charge in [-0.05, 0) is 66.7 Å². The number of ether oxygens (including phenoxy) is 2. The monoisotopic (exact) mass is 736 g/mol. The molecule has 6 aromatic carbocycles. The van der Waals surface area contributed by atoms with Crippen molar-refractivity contribution >= 4 is 53.0 Å². The second-order valence-corrected chi connectivity index (χ2v) is 12.2. The minimum atomic E-state index is -0.609. The number of rotatable bonds is 8. The van der Waals surface area contributed by atoms with E-state index in [1.807, 2.05) is 12.1 Å². The van der Waals surface area contributed by atoms with Crippen LogP contribution in [0, 0.1) is 0 Å². The number of esters is 2. The summed E-state index contributed by atoms with van der Waals surface area (Å²) in [5, 5.41) is 6.35. The topological polar surface area (TPSA) is 136 Å². The maximum absolute atomic E-state index is 14.2. The molecule has 10 heteroatoms. The van der Waals surface area contributed by atoms with Crippen molar-refractivity contribution in [2.45, 2.75) is 0 Å². The van der Waals surface area contributed by atoms with Crippen molar-refractivity contribution in [1.82, 2.24) is 0 Å². The number of Topliss-reactive ketones (excluding diaryl/α,β-unsaturated/α-hetero) is 2. The van der Waals surface area contributed by atoms with Crippen LogP contribution >= 0.6 is 0 Å². The summed E-state index contributed by atoms with van der Waals surface area (Å²) in [6, 6.07) is 44.2. The van der Waals surface area contributed by atoms with E-state index in [0.717, 1.165) is 0 Å². The van der Waals surface area contributed by atoms with Gasteiger partial charge in [-0.25, -0.2) is 9.59 Å². The second kappa shape index (κ2) is 17.2. The van der Waals surface area contributed by atoms with Crippen molar-refractivity contribution in [3.8, 4) is 11.5 Å². The molecule has 2 N–H and O–H groups in total. The van der Waals surface area contributed by atoms with Crippen molar-refractivity contribution in [3.63, 3.8) is 0 Å². The minimum Gasteiger partial charge on any atom is -0.422 e. The predicted molar refractivity (Wildman–Crippen MR) is 216 cm³/mol. The molecule has 0 bridgehead atoms. The third kappa shape index (κ3) is 8.62. The summed E-state index contributed by atoms with van der Waals surface area (Å²) < 4.78 is 11.4. The van der Waals surface area contributed by atoms with E-state index in [0.29, 0.717) is 33.8 Å². The summed E-state index contributed by atoms with van der Waals surface area (Å²) in [6.07, 6.45) is 5.90. The first-order chi connectivity index (χ1) is 27.4. The molecule has 0 aliphatic carbocycles. The first kappa shape index (κ1) is 36.4. The number of hydrogen-bond donors (Lipinski definition) is 2. The van der Waals surface area contributed by atoms with Crippen LogP contribution in [0.4, 0.5) is 17.1 Å². The zero-order chi connectivity index (χ0) is 38.7. The predicted octanol–water partition coefficient (Wildman–Crippen LogP) is 9.27. The maximum atomic E-state index is 14.2. The van der Waals surface area contributed by atoms with Gasteiger partial charge in [0, 0.05) is 36.1 Å². The molecule has 0 saturated carbocycles. The molecule has 272 valence electrons. The van der Waals surface area contributed by atoms with E-state index in [1.54, 1.807) is 146 Å². The number of fused-ring (bicyclic) bond motifs is 2. The molecule has 0 unspecified atom stereocenters. The van der Waals surface area contributed by atoms with Gasteiger partial charge >= 0.3 is 11.9 Å². The van der Waals surface area contributed by atoms with E-state index in [2.05, 4.69) is 20.6 Å². The molecule has 0 spiro atoms. The summed E-state index contributed by atoms with van der Waals surface area (Å²) in [7, 11) is 0. The number of ketones is 2. The Morgan fingerprint density at radius 1 is 0.446 bits per heavy atom. The van der Waals surface area contributed by atoms with Crippen LogP contribution in [0.15, 0.2) is 191 Å². The SMILES string of the molecule is O=C(Oc1ccccc1C(=O)/C1=C\Nc2ccccc2C=N/C(C(=O)c2ccccc2OC(=O)c2ccccc2)=C/Nc2ccccc2N=C1)c1ccccc1. The van der Waals surface area contributed by atoms with Crippen LogP contribution in [-0.2, 0) is 0 Å². The number of aliphatic imine (C=N–C) groups is 2. The number of para-hydroxylation sites is 5. The molecule has 0 amide bonds. The van der Waals surface area contributed by atoms with Gasteiger partial charge in [0.05, 0.1) is 39.2 Å². The fourth-order valence-corrected chi connectivity index (χ4v) is 5.60. The molecule has 0 aromatic heterocycles.